The zero-order valence-corrected chi connectivity index (χ0v) is 10.5. The summed E-state index contributed by atoms with van der Waals surface area (Å²) in [5.41, 5.74) is 2.96. The predicted octanol–water partition coefficient (Wildman–Crippen LogP) is 4.02. The van der Waals surface area contributed by atoms with Crippen molar-refractivity contribution in [3.05, 3.63) is 59.1 Å². The number of aliphatic carboxylic acids is 1. The van der Waals surface area contributed by atoms with Gasteiger partial charge in [-0.05, 0) is 29.2 Å². The molecule has 0 radical (unpaired) electrons. The number of benzene rings is 2. The van der Waals surface area contributed by atoms with Crippen molar-refractivity contribution >= 4 is 17.6 Å². The maximum Gasteiger partial charge on any atom is 0.303 e. The first kappa shape index (κ1) is 12.7. The van der Waals surface area contributed by atoms with Crippen molar-refractivity contribution in [2.45, 2.75) is 12.8 Å². The Hall–Kier alpha value is -1.80. The first-order valence-corrected chi connectivity index (χ1v) is 6.11. The van der Waals surface area contributed by atoms with Gasteiger partial charge in [0.1, 0.15) is 0 Å². The number of carbonyl (C=O) groups is 1. The quantitative estimate of drug-likeness (QED) is 0.901. The summed E-state index contributed by atoms with van der Waals surface area (Å²) in [6.07, 6.45) is 0.531. The average molecular weight is 261 g/mol. The number of hydrogen-bond donors (Lipinski definition) is 1. The summed E-state index contributed by atoms with van der Waals surface area (Å²) in [6.45, 7) is 0. The monoisotopic (exact) mass is 260 g/mol. The van der Waals surface area contributed by atoms with Gasteiger partial charge in [0.05, 0.1) is 0 Å². The summed E-state index contributed by atoms with van der Waals surface area (Å²) in [7, 11) is 0. The molecule has 3 heteroatoms. The highest BCUT2D eigenvalue weighted by Gasteiger charge is 2.10. The fourth-order valence-electron chi connectivity index (χ4n) is 1.93. The third-order valence-corrected chi connectivity index (χ3v) is 3.15. The Morgan fingerprint density at radius 1 is 1.06 bits per heavy atom. The Labute approximate surface area is 111 Å². The molecule has 2 nitrogen and oxygen atoms in total. The highest BCUT2D eigenvalue weighted by atomic mass is 35.5. The third-order valence-electron chi connectivity index (χ3n) is 2.79. The van der Waals surface area contributed by atoms with Crippen molar-refractivity contribution in [2.24, 2.45) is 0 Å². The first-order valence-electron chi connectivity index (χ1n) is 5.73. The Morgan fingerprint density at radius 2 is 1.78 bits per heavy atom. The van der Waals surface area contributed by atoms with Crippen molar-refractivity contribution in [1.29, 1.82) is 0 Å². The predicted molar refractivity (Wildman–Crippen MR) is 72.8 cm³/mol. The van der Waals surface area contributed by atoms with Gasteiger partial charge in [-0.2, -0.15) is 0 Å². The molecular formula is C15H13ClO2. The van der Waals surface area contributed by atoms with Gasteiger partial charge < -0.3 is 5.11 Å². The molecule has 0 bridgehead atoms. The van der Waals surface area contributed by atoms with Crippen LogP contribution in [-0.4, -0.2) is 11.1 Å². The molecule has 1 N–H and O–H groups in total. The molecule has 0 aliphatic heterocycles. The van der Waals surface area contributed by atoms with E-state index >= 15 is 0 Å². The maximum atomic E-state index is 10.7. The van der Waals surface area contributed by atoms with Crippen LogP contribution in [0.3, 0.4) is 0 Å². The number of rotatable bonds is 4. The molecule has 0 aromatic heterocycles. The molecule has 18 heavy (non-hydrogen) atoms. The minimum Gasteiger partial charge on any atom is -0.481 e. The molecule has 0 saturated heterocycles. The standard InChI is InChI=1S/C15H13ClO2/c16-14-8-4-7-12(11-5-2-1-3-6-11)13(14)9-10-15(17)18/h1-8H,9-10H2,(H,17,18). The summed E-state index contributed by atoms with van der Waals surface area (Å²) >= 11 is 6.17. The summed E-state index contributed by atoms with van der Waals surface area (Å²) in [5.74, 6) is -0.811. The fourth-order valence-corrected chi connectivity index (χ4v) is 2.20. The van der Waals surface area contributed by atoms with E-state index in [0.717, 1.165) is 16.7 Å². The second-order valence-electron chi connectivity index (χ2n) is 4.03. The van der Waals surface area contributed by atoms with Crippen LogP contribution in [0.25, 0.3) is 11.1 Å². The highest BCUT2D eigenvalue weighted by Crippen LogP contribution is 2.30. The number of carboxylic acid groups (broad SMARTS) is 1. The van der Waals surface area contributed by atoms with Gasteiger partial charge in [-0.1, -0.05) is 54.1 Å². The lowest BCUT2D eigenvalue weighted by molar-refractivity contribution is -0.136. The molecule has 0 atom stereocenters. The van der Waals surface area contributed by atoms with E-state index in [0.29, 0.717) is 11.4 Å². The van der Waals surface area contributed by atoms with Gasteiger partial charge in [0.25, 0.3) is 0 Å². The average Bonchev–Trinajstić information content (AvgIpc) is 2.38. The minimum atomic E-state index is -0.811. The first-order chi connectivity index (χ1) is 8.68. The molecule has 0 unspecified atom stereocenters. The number of halogens is 1. The molecule has 0 spiro atoms. The van der Waals surface area contributed by atoms with Gasteiger partial charge in [0.2, 0.25) is 0 Å². The van der Waals surface area contributed by atoms with E-state index in [1.165, 1.54) is 0 Å². The Kier molecular flexibility index (Phi) is 4.00. The molecule has 0 saturated carbocycles. The fraction of sp³-hybridized carbons (Fsp3) is 0.133. The van der Waals surface area contributed by atoms with E-state index in [-0.39, 0.29) is 6.42 Å². The van der Waals surface area contributed by atoms with Crippen LogP contribution in [0, 0.1) is 0 Å². The summed E-state index contributed by atoms with van der Waals surface area (Å²) in [6, 6.07) is 15.5. The lowest BCUT2D eigenvalue weighted by Crippen LogP contribution is -1.99. The Morgan fingerprint density at radius 3 is 2.44 bits per heavy atom. The van der Waals surface area contributed by atoms with Crippen LogP contribution in [0.15, 0.2) is 48.5 Å². The molecule has 0 fully saturated rings. The van der Waals surface area contributed by atoms with Crippen molar-refractivity contribution in [1.82, 2.24) is 0 Å². The van der Waals surface area contributed by atoms with Crippen molar-refractivity contribution < 1.29 is 9.90 Å². The van der Waals surface area contributed by atoms with Gasteiger partial charge >= 0.3 is 5.97 Å². The number of hydrogen-bond acceptors (Lipinski definition) is 1. The van der Waals surface area contributed by atoms with E-state index in [4.69, 9.17) is 16.7 Å². The molecule has 2 aromatic carbocycles. The van der Waals surface area contributed by atoms with Crippen LogP contribution in [-0.2, 0) is 11.2 Å². The molecule has 92 valence electrons. The van der Waals surface area contributed by atoms with Crippen molar-refractivity contribution in [3.63, 3.8) is 0 Å². The van der Waals surface area contributed by atoms with Crippen molar-refractivity contribution in [3.8, 4) is 11.1 Å². The van der Waals surface area contributed by atoms with Crippen LogP contribution in [0.1, 0.15) is 12.0 Å². The second kappa shape index (κ2) is 5.69. The Bertz CT molecular complexity index is 550. The normalized spacial score (nSPS) is 10.3. The minimum absolute atomic E-state index is 0.0869. The van der Waals surface area contributed by atoms with E-state index < -0.39 is 5.97 Å². The largest absolute Gasteiger partial charge is 0.481 e. The van der Waals surface area contributed by atoms with Crippen molar-refractivity contribution in [2.75, 3.05) is 0 Å². The zero-order valence-electron chi connectivity index (χ0n) is 9.77. The maximum absolute atomic E-state index is 10.7. The molecule has 0 heterocycles. The SMILES string of the molecule is O=C(O)CCc1c(Cl)cccc1-c1ccccc1. The Balaban J connectivity index is 2.41. The molecule has 0 aliphatic carbocycles. The number of carboxylic acids is 1. The van der Waals surface area contributed by atoms with E-state index in [9.17, 15) is 4.79 Å². The summed E-state index contributed by atoms with van der Waals surface area (Å²) in [5, 5.41) is 9.41. The van der Waals surface area contributed by atoms with Gasteiger partial charge in [0.15, 0.2) is 0 Å². The van der Waals surface area contributed by atoms with Crippen LogP contribution in [0.4, 0.5) is 0 Å². The van der Waals surface area contributed by atoms with Gasteiger partial charge in [-0.25, -0.2) is 0 Å². The zero-order chi connectivity index (χ0) is 13.0. The lowest BCUT2D eigenvalue weighted by atomic mass is 9.97. The summed E-state index contributed by atoms with van der Waals surface area (Å²) < 4.78 is 0. The van der Waals surface area contributed by atoms with Gasteiger partial charge in [0, 0.05) is 11.4 Å². The van der Waals surface area contributed by atoms with E-state index in [1.54, 1.807) is 6.07 Å². The van der Waals surface area contributed by atoms with Crippen LogP contribution in [0.5, 0.6) is 0 Å². The van der Waals surface area contributed by atoms with Crippen LogP contribution < -0.4 is 0 Å². The molecular weight excluding hydrogens is 248 g/mol. The van der Waals surface area contributed by atoms with Gasteiger partial charge in [-0.15, -0.1) is 0 Å². The molecule has 0 amide bonds. The summed E-state index contributed by atoms with van der Waals surface area (Å²) in [4.78, 5) is 10.7. The lowest BCUT2D eigenvalue weighted by Gasteiger charge is -2.10. The van der Waals surface area contributed by atoms with Crippen LogP contribution in [0.2, 0.25) is 5.02 Å². The molecule has 2 rings (SSSR count). The van der Waals surface area contributed by atoms with Gasteiger partial charge in [-0.3, -0.25) is 4.79 Å². The van der Waals surface area contributed by atoms with Crippen LogP contribution >= 0.6 is 11.6 Å². The molecule has 2 aromatic rings. The topological polar surface area (TPSA) is 37.3 Å². The van der Waals surface area contributed by atoms with E-state index in [2.05, 4.69) is 0 Å². The van der Waals surface area contributed by atoms with E-state index in [1.807, 2.05) is 42.5 Å². The molecule has 0 aliphatic rings. The third kappa shape index (κ3) is 2.90. The second-order valence-corrected chi connectivity index (χ2v) is 4.43. The highest BCUT2D eigenvalue weighted by molar-refractivity contribution is 6.31. The smallest absolute Gasteiger partial charge is 0.303 e.